The molecule has 0 fully saturated rings. The molecule has 0 aliphatic rings. The Morgan fingerprint density at radius 2 is 2.04 bits per heavy atom. The summed E-state index contributed by atoms with van der Waals surface area (Å²) in [5.41, 5.74) is 2.67. The van der Waals surface area contributed by atoms with Gasteiger partial charge in [0.15, 0.2) is 0 Å². The first-order chi connectivity index (χ1) is 12.2. The lowest BCUT2D eigenvalue weighted by Crippen LogP contribution is -2.24. The number of amides is 1. The summed E-state index contributed by atoms with van der Waals surface area (Å²) in [4.78, 5) is 25.0. The fourth-order valence-corrected chi connectivity index (χ4v) is 2.29. The third kappa shape index (κ3) is 3.97. The summed E-state index contributed by atoms with van der Waals surface area (Å²) in [6.45, 7) is 2.66. The minimum atomic E-state index is -0.238. The normalized spacial score (nSPS) is 10.5. The number of carbonyl (C=O) groups is 1. The molecule has 0 spiro atoms. The number of nitrogens with zero attached hydrogens (tertiary/aromatic N) is 5. The van der Waals surface area contributed by atoms with Crippen LogP contribution in [0.15, 0.2) is 43.1 Å². The second-order valence-electron chi connectivity index (χ2n) is 5.26. The van der Waals surface area contributed by atoms with Gasteiger partial charge in [-0.05, 0) is 13.0 Å². The number of hydrogen-bond acceptors (Lipinski definition) is 6. The molecule has 0 saturated carbocycles. The number of aryl methyl sites for hydroxylation is 1. The fourth-order valence-electron chi connectivity index (χ4n) is 2.29. The Morgan fingerprint density at radius 1 is 1.20 bits per heavy atom. The zero-order valence-corrected chi connectivity index (χ0v) is 14.0. The number of pyridine rings is 1. The predicted octanol–water partition coefficient (Wildman–Crippen LogP) is 1.60. The van der Waals surface area contributed by atoms with Gasteiger partial charge in [0.1, 0.15) is 0 Å². The van der Waals surface area contributed by atoms with Gasteiger partial charge in [0.2, 0.25) is 5.88 Å². The second-order valence-corrected chi connectivity index (χ2v) is 5.26. The average molecular weight is 338 g/mol. The SMILES string of the molecule is CCOc1ccc(C(=O)NCc2nccnc2-c2cnn(C)c2)cn1. The smallest absolute Gasteiger partial charge is 0.253 e. The molecule has 0 aliphatic heterocycles. The van der Waals surface area contributed by atoms with Gasteiger partial charge in [-0.1, -0.05) is 0 Å². The Labute approximate surface area is 144 Å². The van der Waals surface area contributed by atoms with Crippen molar-refractivity contribution in [2.75, 3.05) is 6.61 Å². The lowest BCUT2D eigenvalue weighted by atomic mass is 10.2. The van der Waals surface area contributed by atoms with Gasteiger partial charge < -0.3 is 10.1 Å². The number of rotatable bonds is 6. The molecular formula is C17H18N6O2. The molecule has 25 heavy (non-hydrogen) atoms. The van der Waals surface area contributed by atoms with Crippen molar-refractivity contribution in [3.8, 4) is 17.1 Å². The molecular weight excluding hydrogens is 320 g/mol. The molecule has 0 bridgehead atoms. The quantitative estimate of drug-likeness (QED) is 0.733. The third-order valence-electron chi connectivity index (χ3n) is 3.46. The second kappa shape index (κ2) is 7.52. The zero-order valence-electron chi connectivity index (χ0n) is 14.0. The van der Waals surface area contributed by atoms with Crippen LogP contribution in [0.25, 0.3) is 11.3 Å². The van der Waals surface area contributed by atoms with E-state index in [1.54, 1.807) is 35.4 Å². The van der Waals surface area contributed by atoms with Crippen molar-refractivity contribution in [2.24, 2.45) is 7.05 Å². The summed E-state index contributed by atoms with van der Waals surface area (Å²) in [6, 6.07) is 3.34. The van der Waals surface area contributed by atoms with Crippen molar-refractivity contribution in [1.82, 2.24) is 30.0 Å². The molecule has 3 aromatic rings. The first kappa shape index (κ1) is 16.6. The van der Waals surface area contributed by atoms with Gasteiger partial charge >= 0.3 is 0 Å². The standard InChI is InChI=1S/C17H18N6O2/c1-3-25-15-5-4-12(8-20-15)17(24)21-10-14-16(19-7-6-18-14)13-9-22-23(2)11-13/h4-9,11H,3,10H2,1-2H3,(H,21,24). The van der Waals surface area contributed by atoms with Crippen LogP contribution in [-0.4, -0.2) is 37.2 Å². The number of carbonyl (C=O) groups excluding carboxylic acids is 1. The summed E-state index contributed by atoms with van der Waals surface area (Å²) in [5.74, 6) is 0.255. The number of hydrogen-bond donors (Lipinski definition) is 1. The van der Waals surface area contributed by atoms with Gasteiger partial charge in [0.05, 0.1) is 36.3 Å². The first-order valence-electron chi connectivity index (χ1n) is 7.83. The van der Waals surface area contributed by atoms with Crippen molar-refractivity contribution in [1.29, 1.82) is 0 Å². The van der Waals surface area contributed by atoms with E-state index in [4.69, 9.17) is 4.74 Å². The van der Waals surface area contributed by atoms with E-state index in [1.165, 1.54) is 6.20 Å². The third-order valence-corrected chi connectivity index (χ3v) is 3.46. The zero-order chi connectivity index (χ0) is 17.6. The van der Waals surface area contributed by atoms with Gasteiger partial charge in [-0.3, -0.25) is 19.4 Å². The van der Waals surface area contributed by atoms with Crippen LogP contribution in [0.5, 0.6) is 5.88 Å². The summed E-state index contributed by atoms with van der Waals surface area (Å²) < 4.78 is 6.96. The van der Waals surface area contributed by atoms with E-state index in [1.807, 2.05) is 20.2 Å². The highest BCUT2D eigenvalue weighted by molar-refractivity contribution is 5.93. The predicted molar refractivity (Wildman–Crippen MR) is 90.8 cm³/mol. The minimum Gasteiger partial charge on any atom is -0.478 e. The van der Waals surface area contributed by atoms with Crippen LogP contribution in [0.3, 0.4) is 0 Å². The minimum absolute atomic E-state index is 0.238. The van der Waals surface area contributed by atoms with Crippen LogP contribution < -0.4 is 10.1 Å². The van der Waals surface area contributed by atoms with Crippen LogP contribution >= 0.6 is 0 Å². The van der Waals surface area contributed by atoms with Gasteiger partial charge in [-0.2, -0.15) is 5.10 Å². The Hall–Kier alpha value is -3.29. The molecule has 0 saturated heterocycles. The lowest BCUT2D eigenvalue weighted by molar-refractivity contribution is 0.0950. The number of ether oxygens (including phenoxy) is 1. The average Bonchev–Trinajstić information content (AvgIpc) is 3.07. The molecule has 0 aromatic carbocycles. The fraction of sp³-hybridized carbons (Fsp3) is 0.235. The van der Waals surface area contributed by atoms with Crippen LogP contribution in [0, 0.1) is 0 Å². The van der Waals surface area contributed by atoms with E-state index in [0.29, 0.717) is 29.4 Å². The van der Waals surface area contributed by atoms with E-state index in [0.717, 1.165) is 5.56 Å². The Kier molecular flexibility index (Phi) is 4.98. The van der Waals surface area contributed by atoms with Gasteiger partial charge in [0, 0.05) is 43.5 Å². The van der Waals surface area contributed by atoms with Crippen molar-refractivity contribution in [2.45, 2.75) is 13.5 Å². The van der Waals surface area contributed by atoms with E-state index in [2.05, 4.69) is 25.4 Å². The summed E-state index contributed by atoms with van der Waals surface area (Å²) >= 11 is 0. The molecule has 8 nitrogen and oxygen atoms in total. The van der Waals surface area contributed by atoms with Gasteiger partial charge in [-0.15, -0.1) is 0 Å². The molecule has 3 heterocycles. The maximum Gasteiger partial charge on any atom is 0.253 e. The lowest BCUT2D eigenvalue weighted by Gasteiger charge is -2.08. The van der Waals surface area contributed by atoms with E-state index >= 15 is 0 Å². The number of nitrogens with one attached hydrogen (secondary N) is 1. The van der Waals surface area contributed by atoms with Crippen LogP contribution in [0.4, 0.5) is 0 Å². The van der Waals surface area contributed by atoms with Crippen molar-refractivity contribution < 1.29 is 9.53 Å². The Balaban J connectivity index is 1.70. The Morgan fingerprint density at radius 3 is 2.72 bits per heavy atom. The topological polar surface area (TPSA) is 94.8 Å². The largest absolute Gasteiger partial charge is 0.478 e. The van der Waals surface area contributed by atoms with E-state index in [-0.39, 0.29) is 12.5 Å². The maximum absolute atomic E-state index is 12.3. The van der Waals surface area contributed by atoms with Crippen molar-refractivity contribution >= 4 is 5.91 Å². The highest BCUT2D eigenvalue weighted by atomic mass is 16.5. The first-order valence-corrected chi connectivity index (χ1v) is 7.83. The molecule has 128 valence electrons. The summed E-state index contributed by atoms with van der Waals surface area (Å²) in [7, 11) is 1.83. The van der Waals surface area contributed by atoms with Gasteiger partial charge in [-0.25, -0.2) is 4.98 Å². The molecule has 1 N–H and O–H groups in total. The molecule has 8 heteroatoms. The highest BCUT2D eigenvalue weighted by Gasteiger charge is 2.12. The monoisotopic (exact) mass is 338 g/mol. The molecule has 0 aliphatic carbocycles. The van der Waals surface area contributed by atoms with Crippen molar-refractivity contribution in [3.05, 3.63) is 54.4 Å². The summed E-state index contributed by atoms with van der Waals surface area (Å²) in [6.07, 6.45) is 8.26. The molecule has 0 radical (unpaired) electrons. The molecule has 3 aromatic heterocycles. The molecule has 3 rings (SSSR count). The maximum atomic E-state index is 12.3. The van der Waals surface area contributed by atoms with E-state index < -0.39 is 0 Å². The van der Waals surface area contributed by atoms with E-state index in [9.17, 15) is 4.79 Å². The highest BCUT2D eigenvalue weighted by Crippen LogP contribution is 2.18. The summed E-state index contributed by atoms with van der Waals surface area (Å²) in [5, 5.41) is 6.98. The van der Waals surface area contributed by atoms with Crippen LogP contribution in [0.2, 0.25) is 0 Å². The van der Waals surface area contributed by atoms with Crippen LogP contribution in [0.1, 0.15) is 23.0 Å². The molecule has 1 amide bonds. The Bertz CT molecular complexity index is 860. The molecule has 0 atom stereocenters. The van der Waals surface area contributed by atoms with Gasteiger partial charge in [0.25, 0.3) is 5.91 Å². The number of aromatic nitrogens is 5. The van der Waals surface area contributed by atoms with Crippen LogP contribution in [-0.2, 0) is 13.6 Å². The van der Waals surface area contributed by atoms with Crippen molar-refractivity contribution in [3.63, 3.8) is 0 Å². The molecule has 0 unspecified atom stereocenters.